The minimum absolute atomic E-state index is 0.750. The first-order chi connectivity index (χ1) is 4.81. The first kappa shape index (κ1) is 9.92. The third-order valence-corrected chi connectivity index (χ3v) is 1.49. The van der Waals surface area contributed by atoms with Gasteiger partial charge >= 0.3 is 0 Å². The smallest absolute Gasteiger partial charge is 0.00111 e. The largest absolute Gasteiger partial charge is 0.317 e. The molecule has 0 spiro atoms. The van der Waals surface area contributed by atoms with Crippen LogP contribution in [0.4, 0.5) is 0 Å². The van der Waals surface area contributed by atoms with E-state index in [0.717, 1.165) is 32.1 Å². The Hall–Kier alpha value is -0.0800. The molecule has 0 atom stereocenters. The molecule has 0 heterocycles. The molecule has 0 rings (SSSR count). The molecule has 0 aliphatic rings. The van der Waals surface area contributed by atoms with Crippen molar-refractivity contribution in [1.29, 1.82) is 0 Å². The minimum Gasteiger partial charge on any atom is -0.317 e. The summed E-state index contributed by atoms with van der Waals surface area (Å²) in [7, 11) is 0. The van der Waals surface area contributed by atoms with Crippen molar-refractivity contribution in [2.75, 3.05) is 26.2 Å². The second kappa shape index (κ2) is 7.03. The summed E-state index contributed by atoms with van der Waals surface area (Å²) in [4.78, 5) is 0. The highest BCUT2D eigenvalue weighted by atomic mass is 14.9. The summed E-state index contributed by atoms with van der Waals surface area (Å²) < 4.78 is 0. The van der Waals surface area contributed by atoms with Crippen molar-refractivity contribution in [3.05, 3.63) is 0 Å². The van der Waals surface area contributed by atoms with Gasteiger partial charge in [0.1, 0.15) is 0 Å². The average molecular weight is 144 g/mol. The Morgan fingerprint density at radius 1 is 1.00 bits per heavy atom. The standard InChI is InChI=1S/C8H20N2/c1-4-9-6-8(3)7-10-5-2/h8-10H,4-7H2,1-3H3. The number of rotatable bonds is 6. The molecule has 0 amide bonds. The quantitative estimate of drug-likeness (QED) is 0.577. The van der Waals surface area contributed by atoms with E-state index >= 15 is 0 Å². The second-order valence-corrected chi connectivity index (χ2v) is 2.72. The Balaban J connectivity index is 3.00. The van der Waals surface area contributed by atoms with Gasteiger partial charge in [0.25, 0.3) is 0 Å². The van der Waals surface area contributed by atoms with Gasteiger partial charge in [0.2, 0.25) is 0 Å². The van der Waals surface area contributed by atoms with E-state index in [-0.39, 0.29) is 0 Å². The zero-order valence-electron chi connectivity index (χ0n) is 7.41. The molecule has 0 aliphatic heterocycles. The van der Waals surface area contributed by atoms with Gasteiger partial charge in [-0.05, 0) is 32.1 Å². The normalized spacial score (nSPS) is 10.8. The van der Waals surface area contributed by atoms with Gasteiger partial charge in [-0.3, -0.25) is 0 Å². The van der Waals surface area contributed by atoms with Crippen molar-refractivity contribution in [3.63, 3.8) is 0 Å². The highest BCUT2D eigenvalue weighted by molar-refractivity contribution is 4.57. The third kappa shape index (κ3) is 6.05. The van der Waals surface area contributed by atoms with Crippen LogP contribution in [0.5, 0.6) is 0 Å². The topological polar surface area (TPSA) is 24.1 Å². The molecule has 0 aliphatic carbocycles. The van der Waals surface area contributed by atoms with E-state index in [9.17, 15) is 0 Å². The first-order valence-electron chi connectivity index (χ1n) is 4.22. The van der Waals surface area contributed by atoms with Crippen molar-refractivity contribution < 1.29 is 0 Å². The summed E-state index contributed by atoms with van der Waals surface area (Å²) in [6, 6.07) is 0. The Morgan fingerprint density at radius 2 is 1.40 bits per heavy atom. The molecule has 0 bridgehead atoms. The molecule has 0 saturated heterocycles. The lowest BCUT2D eigenvalue weighted by Gasteiger charge is -2.11. The summed E-state index contributed by atoms with van der Waals surface area (Å²) in [6.45, 7) is 10.9. The van der Waals surface area contributed by atoms with E-state index in [2.05, 4.69) is 31.4 Å². The molecule has 10 heavy (non-hydrogen) atoms. The van der Waals surface area contributed by atoms with E-state index in [4.69, 9.17) is 0 Å². The molecule has 0 aromatic rings. The number of hydrogen-bond donors (Lipinski definition) is 2. The zero-order chi connectivity index (χ0) is 7.82. The lowest BCUT2D eigenvalue weighted by Crippen LogP contribution is -2.29. The Kier molecular flexibility index (Phi) is 6.98. The highest BCUT2D eigenvalue weighted by Crippen LogP contribution is 1.87. The van der Waals surface area contributed by atoms with Crippen molar-refractivity contribution in [2.24, 2.45) is 5.92 Å². The molecule has 2 nitrogen and oxygen atoms in total. The number of nitrogens with one attached hydrogen (secondary N) is 2. The van der Waals surface area contributed by atoms with Gasteiger partial charge in [0, 0.05) is 0 Å². The van der Waals surface area contributed by atoms with E-state index < -0.39 is 0 Å². The van der Waals surface area contributed by atoms with E-state index in [1.807, 2.05) is 0 Å². The van der Waals surface area contributed by atoms with Gasteiger partial charge in [-0.15, -0.1) is 0 Å². The Labute approximate surface area is 64.4 Å². The van der Waals surface area contributed by atoms with Crippen LogP contribution in [0.3, 0.4) is 0 Å². The summed E-state index contributed by atoms with van der Waals surface area (Å²) in [5.74, 6) is 0.750. The molecule has 0 unspecified atom stereocenters. The molecule has 0 radical (unpaired) electrons. The van der Waals surface area contributed by atoms with Crippen molar-refractivity contribution in [1.82, 2.24) is 10.6 Å². The van der Waals surface area contributed by atoms with Crippen LogP contribution in [0.15, 0.2) is 0 Å². The predicted octanol–water partition coefficient (Wildman–Crippen LogP) is 0.841. The lowest BCUT2D eigenvalue weighted by atomic mass is 10.2. The van der Waals surface area contributed by atoms with Gasteiger partial charge in [-0.1, -0.05) is 20.8 Å². The van der Waals surface area contributed by atoms with Gasteiger partial charge in [0.05, 0.1) is 0 Å². The fraction of sp³-hybridized carbons (Fsp3) is 1.00. The molecular weight excluding hydrogens is 124 g/mol. The average Bonchev–Trinajstić information content (AvgIpc) is 1.97. The minimum atomic E-state index is 0.750. The molecule has 0 aromatic carbocycles. The fourth-order valence-corrected chi connectivity index (χ4v) is 0.854. The highest BCUT2D eigenvalue weighted by Gasteiger charge is 1.97. The van der Waals surface area contributed by atoms with Gasteiger partial charge in [-0.25, -0.2) is 0 Å². The summed E-state index contributed by atoms with van der Waals surface area (Å²) in [5.41, 5.74) is 0. The third-order valence-electron chi connectivity index (χ3n) is 1.49. The van der Waals surface area contributed by atoms with Crippen molar-refractivity contribution >= 4 is 0 Å². The SMILES string of the molecule is CCNCC(C)CNCC. The molecule has 62 valence electrons. The summed E-state index contributed by atoms with van der Waals surface area (Å²) in [5, 5.41) is 6.63. The molecule has 0 fully saturated rings. The zero-order valence-corrected chi connectivity index (χ0v) is 7.41. The first-order valence-corrected chi connectivity index (χ1v) is 4.22. The molecule has 2 heteroatoms. The van der Waals surface area contributed by atoms with E-state index in [1.165, 1.54) is 0 Å². The monoisotopic (exact) mass is 144 g/mol. The fourth-order valence-electron chi connectivity index (χ4n) is 0.854. The van der Waals surface area contributed by atoms with Gasteiger partial charge in [0.15, 0.2) is 0 Å². The van der Waals surface area contributed by atoms with Crippen LogP contribution in [-0.2, 0) is 0 Å². The van der Waals surface area contributed by atoms with Crippen LogP contribution < -0.4 is 10.6 Å². The predicted molar refractivity (Wildman–Crippen MR) is 46.3 cm³/mol. The van der Waals surface area contributed by atoms with Crippen LogP contribution >= 0.6 is 0 Å². The molecular formula is C8H20N2. The Morgan fingerprint density at radius 3 is 1.70 bits per heavy atom. The molecule has 0 saturated carbocycles. The maximum absolute atomic E-state index is 3.32. The number of hydrogen-bond acceptors (Lipinski definition) is 2. The summed E-state index contributed by atoms with van der Waals surface area (Å²) >= 11 is 0. The van der Waals surface area contributed by atoms with Gasteiger partial charge in [-0.2, -0.15) is 0 Å². The van der Waals surface area contributed by atoms with Crippen LogP contribution in [0.2, 0.25) is 0 Å². The van der Waals surface area contributed by atoms with E-state index in [1.54, 1.807) is 0 Å². The molecule has 0 aromatic heterocycles. The second-order valence-electron chi connectivity index (χ2n) is 2.72. The van der Waals surface area contributed by atoms with Crippen LogP contribution in [-0.4, -0.2) is 26.2 Å². The van der Waals surface area contributed by atoms with Crippen LogP contribution in [0.25, 0.3) is 0 Å². The van der Waals surface area contributed by atoms with Crippen LogP contribution in [0, 0.1) is 5.92 Å². The lowest BCUT2D eigenvalue weighted by molar-refractivity contribution is 0.486. The maximum Gasteiger partial charge on any atom is -0.00111 e. The van der Waals surface area contributed by atoms with Crippen molar-refractivity contribution in [2.45, 2.75) is 20.8 Å². The Bertz CT molecular complexity index is 56.3. The van der Waals surface area contributed by atoms with Gasteiger partial charge < -0.3 is 10.6 Å². The van der Waals surface area contributed by atoms with Crippen LogP contribution in [0.1, 0.15) is 20.8 Å². The summed E-state index contributed by atoms with van der Waals surface area (Å²) in [6.07, 6.45) is 0. The molecule has 2 N–H and O–H groups in total. The maximum atomic E-state index is 3.32. The van der Waals surface area contributed by atoms with Crippen molar-refractivity contribution in [3.8, 4) is 0 Å². The van der Waals surface area contributed by atoms with E-state index in [0.29, 0.717) is 0 Å².